The van der Waals surface area contributed by atoms with Gasteiger partial charge in [-0.05, 0) is 37.5 Å². The van der Waals surface area contributed by atoms with Crippen molar-refractivity contribution in [2.24, 2.45) is 0 Å². The SMILES string of the molecule is COc1cccc(Cn2c(C)nn3c(C4CCOCC4)ncc3c2=O)c1. The predicted molar refractivity (Wildman–Crippen MR) is 96.9 cm³/mol. The van der Waals surface area contributed by atoms with E-state index in [0.29, 0.717) is 17.9 Å². The molecule has 1 aliphatic rings. The summed E-state index contributed by atoms with van der Waals surface area (Å²) in [7, 11) is 1.63. The van der Waals surface area contributed by atoms with Crippen molar-refractivity contribution < 1.29 is 9.47 Å². The maximum absolute atomic E-state index is 13.0. The third-order valence-electron chi connectivity index (χ3n) is 4.93. The van der Waals surface area contributed by atoms with E-state index in [2.05, 4.69) is 10.1 Å². The summed E-state index contributed by atoms with van der Waals surface area (Å²) >= 11 is 0. The number of aromatic nitrogens is 4. The molecular formula is C19H22N4O3. The van der Waals surface area contributed by atoms with Crippen molar-refractivity contribution in [3.05, 3.63) is 58.0 Å². The van der Waals surface area contributed by atoms with Gasteiger partial charge in [0.2, 0.25) is 0 Å². The summed E-state index contributed by atoms with van der Waals surface area (Å²) in [5, 5.41) is 4.66. The molecule has 3 aromatic rings. The Morgan fingerprint density at radius 2 is 2.12 bits per heavy atom. The van der Waals surface area contributed by atoms with Crippen molar-refractivity contribution in [2.75, 3.05) is 20.3 Å². The van der Waals surface area contributed by atoms with Crippen LogP contribution in [-0.2, 0) is 11.3 Å². The molecule has 7 nitrogen and oxygen atoms in total. The highest BCUT2D eigenvalue weighted by atomic mass is 16.5. The predicted octanol–water partition coefficient (Wildman–Crippen LogP) is 2.15. The molecule has 0 unspecified atom stereocenters. The fourth-order valence-electron chi connectivity index (χ4n) is 3.47. The third kappa shape index (κ3) is 2.99. The lowest BCUT2D eigenvalue weighted by molar-refractivity contribution is 0.0832. The van der Waals surface area contributed by atoms with Crippen LogP contribution in [-0.4, -0.2) is 39.5 Å². The molecule has 0 bridgehead atoms. The molecular weight excluding hydrogens is 332 g/mol. The number of benzene rings is 1. The van der Waals surface area contributed by atoms with E-state index in [-0.39, 0.29) is 11.5 Å². The minimum atomic E-state index is -0.0777. The maximum atomic E-state index is 13.0. The number of aryl methyl sites for hydroxylation is 1. The quantitative estimate of drug-likeness (QED) is 0.718. The van der Waals surface area contributed by atoms with Crippen LogP contribution in [0.2, 0.25) is 0 Å². The first-order chi connectivity index (χ1) is 12.7. The number of fused-ring (bicyclic) bond motifs is 1. The van der Waals surface area contributed by atoms with Crippen LogP contribution in [0, 0.1) is 6.92 Å². The second-order valence-electron chi connectivity index (χ2n) is 6.59. The Balaban J connectivity index is 1.73. The molecule has 0 N–H and O–H groups in total. The molecule has 1 fully saturated rings. The average Bonchev–Trinajstić information content (AvgIpc) is 3.10. The van der Waals surface area contributed by atoms with Crippen LogP contribution < -0.4 is 10.3 Å². The van der Waals surface area contributed by atoms with Gasteiger partial charge in [0.15, 0.2) is 5.52 Å². The van der Waals surface area contributed by atoms with Gasteiger partial charge in [0.25, 0.3) is 5.56 Å². The maximum Gasteiger partial charge on any atom is 0.279 e. The summed E-state index contributed by atoms with van der Waals surface area (Å²) < 4.78 is 14.1. The van der Waals surface area contributed by atoms with Crippen molar-refractivity contribution in [1.82, 2.24) is 19.2 Å². The first-order valence-electron chi connectivity index (χ1n) is 8.83. The lowest BCUT2D eigenvalue weighted by Crippen LogP contribution is -2.27. The highest BCUT2D eigenvalue weighted by Gasteiger charge is 2.22. The van der Waals surface area contributed by atoms with Crippen LogP contribution in [0.5, 0.6) is 5.75 Å². The number of rotatable bonds is 4. The Labute approximate surface area is 151 Å². The topological polar surface area (TPSA) is 70.7 Å². The number of hydrogen-bond acceptors (Lipinski definition) is 5. The molecule has 3 heterocycles. The van der Waals surface area contributed by atoms with Crippen LogP contribution in [0.4, 0.5) is 0 Å². The Bertz CT molecular complexity index is 986. The molecule has 136 valence electrons. The molecule has 0 amide bonds. The van der Waals surface area contributed by atoms with Crippen LogP contribution in [0.15, 0.2) is 35.3 Å². The lowest BCUT2D eigenvalue weighted by atomic mass is 10.00. The molecule has 1 aromatic carbocycles. The summed E-state index contributed by atoms with van der Waals surface area (Å²) in [6.45, 7) is 3.76. The highest BCUT2D eigenvalue weighted by molar-refractivity contribution is 5.43. The molecule has 0 spiro atoms. The van der Waals surface area contributed by atoms with Crippen molar-refractivity contribution in [3.63, 3.8) is 0 Å². The van der Waals surface area contributed by atoms with E-state index >= 15 is 0 Å². The van der Waals surface area contributed by atoms with Gasteiger partial charge in [-0.2, -0.15) is 5.10 Å². The van der Waals surface area contributed by atoms with Crippen LogP contribution in [0.3, 0.4) is 0 Å². The van der Waals surface area contributed by atoms with Gasteiger partial charge in [-0.3, -0.25) is 9.36 Å². The van der Waals surface area contributed by atoms with E-state index in [1.165, 1.54) is 0 Å². The van der Waals surface area contributed by atoms with Gasteiger partial charge < -0.3 is 9.47 Å². The largest absolute Gasteiger partial charge is 0.497 e. The molecule has 1 aliphatic heterocycles. The van der Waals surface area contributed by atoms with Gasteiger partial charge in [-0.15, -0.1) is 0 Å². The Kier molecular flexibility index (Phi) is 4.46. The number of hydrogen-bond donors (Lipinski definition) is 0. The van der Waals surface area contributed by atoms with E-state index in [1.54, 1.807) is 22.4 Å². The highest BCUT2D eigenvalue weighted by Crippen LogP contribution is 2.25. The molecule has 2 aromatic heterocycles. The zero-order valence-corrected chi connectivity index (χ0v) is 15.0. The Hall–Kier alpha value is -2.67. The van der Waals surface area contributed by atoms with E-state index in [1.807, 2.05) is 31.2 Å². The number of nitrogens with zero attached hydrogens (tertiary/aromatic N) is 4. The van der Waals surface area contributed by atoms with Gasteiger partial charge in [0, 0.05) is 19.1 Å². The fraction of sp³-hybridized carbons (Fsp3) is 0.421. The van der Waals surface area contributed by atoms with E-state index in [4.69, 9.17) is 9.47 Å². The minimum Gasteiger partial charge on any atom is -0.497 e. The summed E-state index contributed by atoms with van der Waals surface area (Å²) in [5.74, 6) is 2.58. The molecule has 0 radical (unpaired) electrons. The molecule has 1 saturated heterocycles. The zero-order chi connectivity index (χ0) is 18.1. The molecule has 4 rings (SSSR count). The van der Waals surface area contributed by atoms with Crippen molar-refractivity contribution in [3.8, 4) is 5.75 Å². The summed E-state index contributed by atoms with van der Waals surface area (Å²) in [6.07, 6.45) is 3.46. The summed E-state index contributed by atoms with van der Waals surface area (Å²) in [5.41, 5.74) is 1.43. The molecule has 26 heavy (non-hydrogen) atoms. The normalized spacial score (nSPS) is 15.5. The van der Waals surface area contributed by atoms with Crippen molar-refractivity contribution in [2.45, 2.75) is 32.2 Å². The van der Waals surface area contributed by atoms with Gasteiger partial charge in [0.1, 0.15) is 17.4 Å². The smallest absolute Gasteiger partial charge is 0.279 e. The van der Waals surface area contributed by atoms with E-state index in [9.17, 15) is 4.79 Å². The van der Waals surface area contributed by atoms with E-state index < -0.39 is 0 Å². The molecule has 0 saturated carbocycles. The second-order valence-corrected chi connectivity index (χ2v) is 6.59. The number of methoxy groups -OCH3 is 1. The third-order valence-corrected chi connectivity index (χ3v) is 4.93. The van der Waals surface area contributed by atoms with E-state index in [0.717, 1.165) is 43.2 Å². The van der Waals surface area contributed by atoms with Crippen LogP contribution in [0.25, 0.3) is 5.52 Å². The van der Waals surface area contributed by atoms with Gasteiger partial charge in [-0.1, -0.05) is 12.1 Å². The Morgan fingerprint density at radius 3 is 2.88 bits per heavy atom. The monoisotopic (exact) mass is 354 g/mol. The van der Waals surface area contributed by atoms with Gasteiger partial charge in [0.05, 0.1) is 19.9 Å². The average molecular weight is 354 g/mol. The van der Waals surface area contributed by atoms with Crippen molar-refractivity contribution >= 4 is 5.52 Å². The molecule has 7 heteroatoms. The lowest BCUT2D eigenvalue weighted by Gasteiger charge is -2.20. The standard InChI is InChI=1S/C19H22N4O3/c1-13-21-23-17(11-20-18(23)15-6-8-26-9-7-15)19(24)22(13)12-14-4-3-5-16(10-14)25-2/h3-5,10-11,15H,6-9,12H2,1-2H3. The number of imidazole rings is 1. The van der Waals surface area contributed by atoms with Crippen molar-refractivity contribution in [1.29, 1.82) is 0 Å². The first-order valence-corrected chi connectivity index (χ1v) is 8.83. The first kappa shape index (κ1) is 16.8. The molecule has 0 aliphatic carbocycles. The minimum absolute atomic E-state index is 0.0777. The van der Waals surface area contributed by atoms with Gasteiger partial charge >= 0.3 is 0 Å². The van der Waals surface area contributed by atoms with Crippen LogP contribution >= 0.6 is 0 Å². The summed E-state index contributed by atoms with van der Waals surface area (Å²) in [4.78, 5) is 17.5. The zero-order valence-electron chi connectivity index (χ0n) is 15.0. The second kappa shape index (κ2) is 6.92. The Morgan fingerprint density at radius 1 is 1.31 bits per heavy atom. The van der Waals surface area contributed by atoms with Crippen LogP contribution in [0.1, 0.15) is 36.0 Å². The molecule has 0 atom stereocenters. The van der Waals surface area contributed by atoms with Gasteiger partial charge in [-0.25, -0.2) is 9.50 Å². The number of ether oxygens (including phenoxy) is 2. The summed E-state index contributed by atoms with van der Waals surface area (Å²) in [6, 6.07) is 7.71. The fourth-order valence-corrected chi connectivity index (χ4v) is 3.47.